The molecule has 37 heteroatoms. The fourth-order valence-electron chi connectivity index (χ4n) is 14.5. The van der Waals surface area contributed by atoms with Crippen LogP contribution in [0.5, 0.6) is 40.2 Å². The number of halogens is 4. The lowest BCUT2D eigenvalue weighted by Crippen LogP contribution is -2.37. The smallest absolute Gasteiger partial charge is 0.323 e. The zero-order chi connectivity index (χ0) is 110. The van der Waals surface area contributed by atoms with Gasteiger partial charge in [0, 0.05) is 87.8 Å². The number of nitrogens with one attached hydrogen (secondary N) is 6. The van der Waals surface area contributed by atoms with Crippen LogP contribution in [0.4, 0.5) is 61.7 Å². The molecular weight excluding hydrogens is 2010 g/mol. The molecule has 149 heavy (non-hydrogen) atoms. The molecule has 1 unspecified atom stereocenters. The number of ketones is 1. The third kappa shape index (κ3) is 34.1. The van der Waals surface area contributed by atoms with Gasteiger partial charge in [0.1, 0.15) is 45.9 Å². The summed E-state index contributed by atoms with van der Waals surface area (Å²) in [6.45, 7) is 42.9. The molecule has 1 atom stereocenters. The second-order valence-corrected chi connectivity index (χ2v) is 39.9. The number of urea groups is 1. The summed E-state index contributed by atoms with van der Waals surface area (Å²) in [5.74, 6) is -1.58. The molecule has 0 saturated carbocycles. The number of amides is 7. The molecule has 1 aliphatic heterocycles. The third-order valence-electron chi connectivity index (χ3n) is 24.0. The average molecular weight is 2140 g/mol. The molecule has 0 aliphatic carbocycles. The van der Waals surface area contributed by atoms with E-state index < -0.39 is 41.2 Å². The Kier molecular flexibility index (Phi) is 44.4. The van der Waals surface area contributed by atoms with E-state index in [1.807, 2.05) is 133 Å². The number of phenolic OH excluding ortho intramolecular Hbond substituents is 5. The second-order valence-electron chi connectivity index (χ2n) is 37.5. The van der Waals surface area contributed by atoms with Crippen LogP contribution in [-0.2, 0) is 44.2 Å². The number of amidine groups is 1. The lowest BCUT2D eigenvalue weighted by atomic mass is 9.76. The van der Waals surface area contributed by atoms with Gasteiger partial charge in [-0.2, -0.15) is 10.3 Å². The van der Waals surface area contributed by atoms with E-state index >= 15 is 0 Å². The van der Waals surface area contributed by atoms with E-state index in [-0.39, 0.29) is 131 Å². The number of aliphatic imine (C=N–C) groups is 2. The molecule has 1 heterocycles. The Hall–Kier alpha value is -14.3. The molecule has 790 valence electrons. The van der Waals surface area contributed by atoms with Crippen LogP contribution in [0.2, 0.25) is 20.1 Å². The topological polar surface area (TPSA) is 461 Å². The largest absolute Gasteiger partial charge is 0.508 e. The van der Waals surface area contributed by atoms with Gasteiger partial charge in [0.25, 0.3) is 23.6 Å². The summed E-state index contributed by atoms with van der Waals surface area (Å²) >= 11 is 26.0. The quantitative estimate of drug-likeness (QED) is 0.00345. The molecule has 0 aromatic heterocycles. The number of aliphatic hydroxyl groups is 2. The normalized spacial score (nSPS) is 12.2. The zero-order valence-corrected chi connectivity index (χ0v) is 91.0. The van der Waals surface area contributed by atoms with Crippen LogP contribution in [0.1, 0.15) is 187 Å². The highest BCUT2D eigenvalue weighted by atomic mass is 35.5. The van der Waals surface area contributed by atoms with Crippen molar-refractivity contribution in [2.45, 2.75) is 186 Å². The summed E-state index contributed by atoms with van der Waals surface area (Å²) in [7, 11) is 0. The summed E-state index contributed by atoms with van der Waals surface area (Å²) in [5.41, 5.74) is 12.8. The number of Topliss-reactive ketones (excluding diaryl/α,β-unsaturated/α-hetero) is 1. The minimum absolute atomic E-state index is 0.00815. The molecule has 0 bridgehead atoms. The lowest BCUT2D eigenvalue weighted by Gasteiger charge is -2.30. The van der Waals surface area contributed by atoms with Crippen molar-refractivity contribution < 1.29 is 93.4 Å². The Morgan fingerprint density at radius 1 is 0.544 bits per heavy atom. The van der Waals surface area contributed by atoms with E-state index in [2.05, 4.69) is 110 Å². The van der Waals surface area contributed by atoms with Crippen molar-refractivity contribution in [2.75, 3.05) is 87.4 Å². The Morgan fingerprint density at radius 2 is 1.12 bits per heavy atom. The Balaban J connectivity index is 0.000000254. The first-order chi connectivity index (χ1) is 70.3. The zero-order valence-electron chi connectivity index (χ0n) is 87.1. The van der Waals surface area contributed by atoms with Gasteiger partial charge < -0.3 is 86.9 Å². The predicted molar refractivity (Wildman–Crippen MR) is 594 cm³/mol. The van der Waals surface area contributed by atoms with Gasteiger partial charge in [-0.3, -0.25) is 28.8 Å². The van der Waals surface area contributed by atoms with Crippen LogP contribution in [0, 0.1) is 65.2 Å². The maximum atomic E-state index is 14.0. The third-order valence-corrected chi connectivity index (χ3v) is 25.8. The standard InChI is InChI=1S/C45H51Cl3N6O5.C25H32ClN3O3.C25H24N4O4.C9H12O5S.C8H10O2/c1-9-44(5,6)29-15-18-37(33(23-29)45(7,8)10-2)59-26-38(56)49-31-14-12-13-28(22-31)42(57)51-41-39(43(58)54(52-41)40-34(47)24-30(46)25-35(40)48)50-36-17-16-32(21-27(36)4)53(11-3)19-20-55;1-7-29(12-13-30)18-9-11-20(17(3)15-18)27-22(23(31)25(4,5)6)24(32)28-21-14-16(2)8-10-19(21)26;1-15-4-11-23(16(2)12-15)33-17(3)24(31)27-20-9-10-21(22(30)13-20)29-25(32)28-19-7-5-18(14-26)6-8-19;1-5(2)6-3-8(11)9(4-7(6)10)15-14-13-12;1-5-3-8(10)6(2)4-7(5)9/h12-18,21-25,55H,9-11,19-20,26H2,1-8H3,(H,49,56)(H,51,52,57);8-11,14-15,30H,7,12-13H2,1-6H3,(H,28,32);4-13,17,30H,1-3H3,(H,27,31)(H2,28,29,32);3-5,10-12H,1-2H3;3-4,9-10H,1-2H3. The number of nitrogens with zero attached hydrogens (tertiary/aromatic N) is 7. The molecule has 32 nitrogen and oxygen atoms in total. The summed E-state index contributed by atoms with van der Waals surface area (Å²) in [4.78, 5) is 105. The number of hydrazone groups is 1. The van der Waals surface area contributed by atoms with Gasteiger partial charge in [0.05, 0.1) is 79.6 Å². The number of anilines is 8. The van der Waals surface area contributed by atoms with Gasteiger partial charge in [-0.25, -0.2) is 20.0 Å². The van der Waals surface area contributed by atoms with Gasteiger partial charge in [-0.1, -0.05) is 170 Å². The number of hydrogen-bond donors (Lipinski definition) is 14. The fourth-order valence-corrected chi connectivity index (χ4v) is 16.1. The number of nitriles is 1. The van der Waals surface area contributed by atoms with Crippen molar-refractivity contribution in [1.82, 2.24) is 5.32 Å². The molecule has 12 rings (SSSR count). The Labute approximate surface area is 893 Å². The van der Waals surface area contributed by atoms with Crippen molar-refractivity contribution in [2.24, 2.45) is 20.5 Å². The Morgan fingerprint density at radius 3 is 1.67 bits per heavy atom. The highest BCUT2D eigenvalue weighted by molar-refractivity contribution is 7.94. The number of hydrogen-bond acceptors (Lipinski definition) is 26. The molecule has 11 aromatic carbocycles. The van der Waals surface area contributed by atoms with Crippen LogP contribution in [0.3, 0.4) is 0 Å². The number of aromatic hydroxyl groups is 5. The van der Waals surface area contributed by atoms with Crippen LogP contribution in [0.25, 0.3) is 0 Å². The Bertz CT molecular complexity index is 6730. The van der Waals surface area contributed by atoms with E-state index in [4.69, 9.17) is 76.6 Å². The molecule has 11 aromatic rings. The van der Waals surface area contributed by atoms with Crippen molar-refractivity contribution >= 4 is 174 Å². The van der Waals surface area contributed by atoms with Gasteiger partial charge >= 0.3 is 11.9 Å². The van der Waals surface area contributed by atoms with Crippen molar-refractivity contribution in [3.63, 3.8) is 0 Å². The number of phenols is 5. The first-order valence-electron chi connectivity index (χ1n) is 47.8. The average Bonchev–Trinajstić information content (AvgIpc) is 1.59. The summed E-state index contributed by atoms with van der Waals surface area (Å²) < 4.78 is 16.0. The predicted octanol–water partition coefficient (Wildman–Crippen LogP) is 24.4. The van der Waals surface area contributed by atoms with E-state index in [1.54, 1.807) is 126 Å². The van der Waals surface area contributed by atoms with E-state index in [0.29, 0.717) is 105 Å². The van der Waals surface area contributed by atoms with Crippen LogP contribution in [-0.4, -0.2) is 152 Å². The highest BCUT2D eigenvalue weighted by Crippen LogP contribution is 2.43. The van der Waals surface area contributed by atoms with Gasteiger partial charge in [0.2, 0.25) is 0 Å². The number of carbonyl (C=O) groups is 7. The van der Waals surface area contributed by atoms with Gasteiger partial charge in [0.15, 0.2) is 35.8 Å². The summed E-state index contributed by atoms with van der Waals surface area (Å²) in [6.07, 6.45) is 1.10. The second kappa shape index (κ2) is 55.1. The van der Waals surface area contributed by atoms with Crippen LogP contribution in [0.15, 0.2) is 214 Å². The van der Waals surface area contributed by atoms with Crippen molar-refractivity contribution in [3.8, 4) is 46.3 Å². The van der Waals surface area contributed by atoms with Gasteiger partial charge in [-0.15, -0.1) is 9.44 Å². The van der Waals surface area contributed by atoms with Crippen molar-refractivity contribution in [3.05, 3.63) is 281 Å². The summed E-state index contributed by atoms with van der Waals surface area (Å²) in [6, 6.07) is 55.5. The van der Waals surface area contributed by atoms with E-state index in [0.717, 1.165) is 69.2 Å². The number of aryl methyl sites for hydroxylation is 7. The highest BCUT2D eigenvalue weighted by Gasteiger charge is 2.38. The fraction of sp³-hybridized carbons (Fsp3) is 0.312. The SMILES string of the molecule is CC(C)c1cc(O)c(SOOO)cc1O.CCN(CCO)c1ccc(N=C(C(=O)Nc2cc(C)ccc2Cl)C(=O)C(C)(C)C)c(C)c1.CCN(CCO)c1ccc(N=C2C(=O)N(c3c(Cl)cc(Cl)cc3Cl)N=C2NC(=O)c2cccc(NC(=O)COc3ccc(C(C)(C)CC)cc3C(C)(C)CC)c2)c(C)c1.Cc1cc(O)c(C)cc1O.Cc1ccc(OC(C)C(=O)Nc2ccc(NC(=O)Nc3ccc(C#N)cc3)c(O)c2)c(C)c1. The number of rotatable bonds is 33. The maximum Gasteiger partial charge on any atom is 0.323 e. The van der Waals surface area contributed by atoms with Crippen LogP contribution >= 0.6 is 58.4 Å². The molecular formula is C112H129Cl4N13O19S. The first kappa shape index (κ1) is 120. The first-order valence-corrected chi connectivity index (χ1v) is 50.0. The monoisotopic (exact) mass is 2130 g/mol. The minimum Gasteiger partial charge on any atom is -0.508 e. The molecule has 0 saturated heterocycles. The molecule has 0 radical (unpaired) electrons. The minimum atomic E-state index is -0.791. The molecule has 1 aliphatic rings. The van der Waals surface area contributed by atoms with Gasteiger partial charge in [-0.05, 0) is 289 Å². The number of ether oxygens (including phenoxy) is 2. The summed E-state index contributed by atoms with van der Waals surface area (Å²) in [5, 5.41) is 109. The molecule has 0 fully saturated rings. The maximum absolute atomic E-state index is 14.0. The number of aliphatic hydroxyl groups excluding tert-OH is 2. The number of benzene rings is 11. The number of carbonyl (C=O) groups excluding carboxylic acids is 7. The number of likely N-dealkylation sites (N-methyl/N-ethyl adjacent to an activating group) is 2. The molecule has 0 spiro atoms. The molecule has 14 N–H and O–H groups in total. The van der Waals surface area contributed by atoms with Crippen molar-refractivity contribution in [1.29, 1.82) is 5.26 Å². The van der Waals surface area contributed by atoms with E-state index in [9.17, 15) is 59.1 Å². The lowest BCUT2D eigenvalue weighted by molar-refractivity contribution is -0.432. The van der Waals surface area contributed by atoms with Crippen LogP contribution < -0.4 is 56.2 Å². The molecule has 7 amide bonds. The van der Waals surface area contributed by atoms with E-state index in [1.165, 1.54) is 48.0 Å².